The minimum atomic E-state index is 0.560. The number of rotatable bonds is 3. The summed E-state index contributed by atoms with van der Waals surface area (Å²) in [4.78, 5) is 6.17. The molecule has 1 aromatic heterocycles. The number of pyridine rings is 1. The predicted octanol–water partition coefficient (Wildman–Crippen LogP) is 3.06. The van der Waals surface area contributed by atoms with Crippen LogP contribution in [0.4, 0.5) is 11.5 Å². The highest BCUT2D eigenvalue weighted by Gasteiger charge is 2.06. The monoisotopic (exact) mass is 291 g/mol. The maximum Gasteiger partial charge on any atom is 0.146 e. The van der Waals surface area contributed by atoms with Crippen LogP contribution in [-0.2, 0) is 6.54 Å². The average molecular weight is 292 g/mol. The van der Waals surface area contributed by atoms with Gasteiger partial charge in [0.1, 0.15) is 5.82 Å². The Kier molecular flexibility index (Phi) is 3.64. The van der Waals surface area contributed by atoms with Gasteiger partial charge in [0.05, 0.1) is 5.69 Å². The summed E-state index contributed by atoms with van der Waals surface area (Å²) in [7, 11) is 2.01. The van der Waals surface area contributed by atoms with Gasteiger partial charge in [0, 0.05) is 24.3 Å². The van der Waals surface area contributed by atoms with Gasteiger partial charge >= 0.3 is 0 Å². The van der Waals surface area contributed by atoms with Crippen LogP contribution in [0.2, 0.25) is 0 Å². The summed E-state index contributed by atoms with van der Waals surface area (Å²) in [5.41, 5.74) is 8.02. The van der Waals surface area contributed by atoms with Crippen LogP contribution in [0.1, 0.15) is 5.56 Å². The Balaban J connectivity index is 2.17. The molecule has 0 atom stereocenters. The van der Waals surface area contributed by atoms with Crippen molar-refractivity contribution in [3.8, 4) is 0 Å². The first-order valence-corrected chi connectivity index (χ1v) is 6.12. The van der Waals surface area contributed by atoms with Gasteiger partial charge in [-0.05, 0) is 29.8 Å². The van der Waals surface area contributed by atoms with Crippen molar-refractivity contribution in [1.29, 1.82) is 0 Å². The van der Waals surface area contributed by atoms with Crippen molar-refractivity contribution in [2.45, 2.75) is 6.54 Å². The second kappa shape index (κ2) is 5.19. The Hall–Kier alpha value is -1.55. The molecule has 4 heteroatoms. The molecule has 2 rings (SSSR count). The molecule has 3 nitrogen and oxygen atoms in total. The number of nitrogens with two attached hydrogens (primary N) is 1. The number of benzene rings is 1. The highest BCUT2D eigenvalue weighted by atomic mass is 79.9. The third kappa shape index (κ3) is 2.97. The van der Waals surface area contributed by atoms with E-state index in [1.54, 1.807) is 6.20 Å². The molecule has 0 radical (unpaired) electrons. The lowest BCUT2D eigenvalue weighted by molar-refractivity contribution is 0.920. The predicted molar refractivity (Wildman–Crippen MR) is 74.9 cm³/mol. The van der Waals surface area contributed by atoms with Gasteiger partial charge in [-0.3, -0.25) is 0 Å². The lowest BCUT2D eigenvalue weighted by atomic mass is 10.2. The van der Waals surface area contributed by atoms with Crippen LogP contribution >= 0.6 is 15.9 Å². The van der Waals surface area contributed by atoms with Crippen LogP contribution in [0.25, 0.3) is 0 Å². The third-order valence-corrected chi connectivity index (χ3v) is 3.03. The van der Waals surface area contributed by atoms with E-state index in [-0.39, 0.29) is 0 Å². The van der Waals surface area contributed by atoms with Gasteiger partial charge in [-0.25, -0.2) is 4.98 Å². The largest absolute Gasteiger partial charge is 0.382 e. The zero-order valence-corrected chi connectivity index (χ0v) is 11.2. The first-order chi connectivity index (χ1) is 8.16. The van der Waals surface area contributed by atoms with E-state index in [9.17, 15) is 0 Å². The summed E-state index contributed by atoms with van der Waals surface area (Å²) in [5, 5.41) is 0. The number of nitrogen functional groups attached to an aromatic ring is 1. The van der Waals surface area contributed by atoms with Gasteiger partial charge in [-0.2, -0.15) is 0 Å². The van der Waals surface area contributed by atoms with Crippen LogP contribution < -0.4 is 10.6 Å². The second-order valence-corrected chi connectivity index (χ2v) is 4.81. The van der Waals surface area contributed by atoms with Gasteiger partial charge in [-0.1, -0.05) is 28.1 Å². The summed E-state index contributed by atoms with van der Waals surface area (Å²) in [6.45, 7) is 0.801. The smallest absolute Gasteiger partial charge is 0.146 e. The van der Waals surface area contributed by atoms with Crippen molar-refractivity contribution in [2.75, 3.05) is 17.7 Å². The van der Waals surface area contributed by atoms with Crippen LogP contribution in [0, 0.1) is 0 Å². The fourth-order valence-electron chi connectivity index (χ4n) is 1.73. The van der Waals surface area contributed by atoms with Crippen LogP contribution in [0.3, 0.4) is 0 Å². The number of hydrogen-bond acceptors (Lipinski definition) is 3. The molecule has 0 amide bonds. The Bertz CT molecular complexity index is 514. The maximum absolute atomic E-state index is 5.84. The molecular formula is C13H14BrN3. The Morgan fingerprint density at radius 1 is 1.29 bits per heavy atom. The molecular weight excluding hydrogens is 278 g/mol. The Morgan fingerprint density at radius 3 is 2.82 bits per heavy atom. The van der Waals surface area contributed by atoms with Gasteiger partial charge in [0.15, 0.2) is 0 Å². The fourth-order valence-corrected chi connectivity index (χ4v) is 2.17. The van der Waals surface area contributed by atoms with E-state index in [0.717, 1.165) is 16.7 Å². The van der Waals surface area contributed by atoms with Gasteiger partial charge in [-0.15, -0.1) is 0 Å². The summed E-state index contributed by atoms with van der Waals surface area (Å²) in [5.74, 6) is 0.560. The second-order valence-electron chi connectivity index (χ2n) is 3.89. The fraction of sp³-hybridized carbons (Fsp3) is 0.154. The summed E-state index contributed by atoms with van der Waals surface area (Å²) < 4.78 is 1.09. The lowest BCUT2D eigenvalue weighted by Crippen LogP contribution is -2.18. The van der Waals surface area contributed by atoms with Crippen molar-refractivity contribution < 1.29 is 0 Å². The van der Waals surface area contributed by atoms with E-state index >= 15 is 0 Å². The van der Waals surface area contributed by atoms with E-state index in [0.29, 0.717) is 5.82 Å². The minimum Gasteiger partial charge on any atom is -0.382 e. The average Bonchev–Trinajstić information content (AvgIpc) is 2.29. The van der Waals surface area contributed by atoms with Gasteiger partial charge in [0.25, 0.3) is 0 Å². The van der Waals surface area contributed by atoms with Gasteiger partial charge in [0.2, 0.25) is 0 Å². The van der Waals surface area contributed by atoms with Crippen LogP contribution in [0.15, 0.2) is 47.1 Å². The number of hydrogen-bond donors (Lipinski definition) is 1. The molecule has 0 spiro atoms. The molecule has 0 aliphatic carbocycles. The van der Waals surface area contributed by atoms with Crippen LogP contribution in [0.5, 0.6) is 0 Å². The molecule has 0 saturated heterocycles. The summed E-state index contributed by atoms with van der Waals surface area (Å²) in [6.07, 6.45) is 1.70. The molecule has 2 aromatic rings. The molecule has 1 aromatic carbocycles. The SMILES string of the molecule is CN(Cc1cccc(Br)c1)c1cccnc1N. The highest BCUT2D eigenvalue weighted by molar-refractivity contribution is 9.10. The van der Waals surface area contributed by atoms with E-state index in [2.05, 4.69) is 37.9 Å². The van der Waals surface area contributed by atoms with Crippen molar-refractivity contribution in [2.24, 2.45) is 0 Å². The quantitative estimate of drug-likeness (QED) is 0.945. The number of nitrogens with zero attached hydrogens (tertiary/aromatic N) is 2. The number of halogens is 1. The Morgan fingerprint density at radius 2 is 2.12 bits per heavy atom. The first-order valence-electron chi connectivity index (χ1n) is 5.33. The van der Waals surface area contributed by atoms with Crippen molar-refractivity contribution in [3.05, 3.63) is 52.6 Å². The molecule has 0 fully saturated rings. The van der Waals surface area contributed by atoms with E-state index in [1.807, 2.05) is 31.3 Å². The summed E-state index contributed by atoms with van der Waals surface area (Å²) in [6, 6.07) is 12.1. The minimum absolute atomic E-state index is 0.560. The molecule has 88 valence electrons. The van der Waals surface area contributed by atoms with E-state index in [4.69, 9.17) is 5.73 Å². The molecule has 0 unspecified atom stereocenters. The van der Waals surface area contributed by atoms with Gasteiger partial charge < -0.3 is 10.6 Å². The molecule has 0 aliphatic rings. The van der Waals surface area contributed by atoms with Crippen molar-refractivity contribution in [3.63, 3.8) is 0 Å². The molecule has 2 N–H and O–H groups in total. The van der Waals surface area contributed by atoms with Crippen LogP contribution in [-0.4, -0.2) is 12.0 Å². The molecule has 0 saturated carbocycles. The molecule has 0 aliphatic heterocycles. The lowest BCUT2D eigenvalue weighted by Gasteiger charge is -2.20. The Labute approximate surface area is 109 Å². The topological polar surface area (TPSA) is 42.2 Å². The normalized spacial score (nSPS) is 10.2. The maximum atomic E-state index is 5.84. The zero-order chi connectivity index (χ0) is 12.3. The highest BCUT2D eigenvalue weighted by Crippen LogP contribution is 2.21. The molecule has 0 bridgehead atoms. The standard InChI is InChI=1S/C13H14BrN3/c1-17(12-6-3-7-16-13(12)15)9-10-4-2-5-11(14)8-10/h2-8H,9H2,1H3,(H2,15,16). The third-order valence-electron chi connectivity index (χ3n) is 2.54. The van der Waals surface area contributed by atoms with E-state index < -0.39 is 0 Å². The zero-order valence-electron chi connectivity index (χ0n) is 9.60. The first kappa shape index (κ1) is 11.9. The number of aromatic nitrogens is 1. The molecule has 1 heterocycles. The van der Waals surface area contributed by atoms with E-state index in [1.165, 1.54) is 5.56 Å². The molecule has 17 heavy (non-hydrogen) atoms. The number of anilines is 2. The summed E-state index contributed by atoms with van der Waals surface area (Å²) >= 11 is 3.47. The van der Waals surface area contributed by atoms with Crippen molar-refractivity contribution in [1.82, 2.24) is 4.98 Å². The van der Waals surface area contributed by atoms with Crippen molar-refractivity contribution >= 4 is 27.4 Å².